The Labute approximate surface area is 126 Å². The molecule has 0 atom stereocenters. The van der Waals surface area contributed by atoms with Gasteiger partial charge in [-0.1, -0.05) is 22.9 Å². The zero-order valence-corrected chi connectivity index (χ0v) is 12.9. The molecule has 1 aliphatic heterocycles. The molecule has 0 aliphatic carbocycles. The summed E-state index contributed by atoms with van der Waals surface area (Å²) in [6.45, 7) is 9.56. The molecule has 2 heterocycles. The zero-order chi connectivity index (χ0) is 14.7. The van der Waals surface area contributed by atoms with Crippen LogP contribution in [-0.4, -0.2) is 42.8 Å². The zero-order valence-electron chi connectivity index (χ0n) is 12.9. The first kappa shape index (κ1) is 14.1. The Hall–Kier alpha value is -1.81. The topological polar surface area (TPSA) is 32.5 Å². The van der Waals surface area contributed by atoms with Gasteiger partial charge < -0.3 is 9.42 Å². The standard InChI is InChI=1S/C17H23N3O/c1-14-3-5-17(6-4-14)20-11-9-19(10-12-20)8-7-16-13-15(2)21-18-16/h3-6,13H,7-12H2,1-2H3. The number of hydrogen-bond donors (Lipinski definition) is 0. The fourth-order valence-corrected chi connectivity index (χ4v) is 2.79. The van der Waals surface area contributed by atoms with E-state index in [4.69, 9.17) is 4.52 Å². The molecule has 2 aromatic rings. The molecule has 21 heavy (non-hydrogen) atoms. The fourth-order valence-electron chi connectivity index (χ4n) is 2.79. The highest BCUT2D eigenvalue weighted by Crippen LogP contribution is 2.17. The third-order valence-electron chi connectivity index (χ3n) is 4.13. The summed E-state index contributed by atoms with van der Waals surface area (Å²) < 4.78 is 5.11. The third kappa shape index (κ3) is 3.64. The summed E-state index contributed by atoms with van der Waals surface area (Å²) in [5, 5.41) is 4.06. The van der Waals surface area contributed by atoms with E-state index in [0.717, 1.165) is 50.6 Å². The van der Waals surface area contributed by atoms with Crippen LogP contribution in [0.5, 0.6) is 0 Å². The number of benzene rings is 1. The van der Waals surface area contributed by atoms with Crippen LogP contribution >= 0.6 is 0 Å². The van der Waals surface area contributed by atoms with Crippen molar-refractivity contribution in [2.24, 2.45) is 0 Å². The average molecular weight is 285 g/mol. The first-order valence-corrected chi connectivity index (χ1v) is 7.67. The molecule has 1 aromatic carbocycles. The van der Waals surface area contributed by atoms with Crippen molar-refractivity contribution in [1.29, 1.82) is 0 Å². The molecule has 4 nitrogen and oxygen atoms in total. The van der Waals surface area contributed by atoms with Gasteiger partial charge in [0.05, 0.1) is 5.69 Å². The van der Waals surface area contributed by atoms with Crippen LogP contribution < -0.4 is 4.90 Å². The van der Waals surface area contributed by atoms with Crippen LogP contribution in [0, 0.1) is 13.8 Å². The second kappa shape index (κ2) is 6.31. The molecule has 0 N–H and O–H groups in total. The highest BCUT2D eigenvalue weighted by Gasteiger charge is 2.17. The predicted octanol–water partition coefficient (Wildman–Crippen LogP) is 2.66. The van der Waals surface area contributed by atoms with E-state index in [0.29, 0.717) is 0 Å². The maximum absolute atomic E-state index is 5.11. The number of piperazine rings is 1. The Morgan fingerprint density at radius 3 is 2.38 bits per heavy atom. The van der Waals surface area contributed by atoms with Gasteiger partial charge in [0.15, 0.2) is 0 Å². The first-order chi connectivity index (χ1) is 10.2. The van der Waals surface area contributed by atoms with Crippen LogP contribution in [0.4, 0.5) is 5.69 Å². The molecular formula is C17H23N3O. The number of rotatable bonds is 4. The Morgan fingerprint density at radius 2 is 1.76 bits per heavy atom. The maximum Gasteiger partial charge on any atom is 0.133 e. The van der Waals surface area contributed by atoms with Gasteiger partial charge in [0, 0.05) is 50.9 Å². The summed E-state index contributed by atoms with van der Waals surface area (Å²) in [7, 11) is 0. The molecular weight excluding hydrogens is 262 g/mol. The van der Waals surface area contributed by atoms with Gasteiger partial charge in [0.1, 0.15) is 5.76 Å². The van der Waals surface area contributed by atoms with E-state index in [2.05, 4.69) is 46.1 Å². The lowest BCUT2D eigenvalue weighted by molar-refractivity contribution is 0.258. The van der Waals surface area contributed by atoms with Crippen molar-refractivity contribution in [3.05, 3.63) is 47.3 Å². The molecule has 3 rings (SSSR count). The van der Waals surface area contributed by atoms with Crippen molar-refractivity contribution >= 4 is 5.69 Å². The van der Waals surface area contributed by atoms with Gasteiger partial charge >= 0.3 is 0 Å². The lowest BCUT2D eigenvalue weighted by Crippen LogP contribution is -2.47. The third-order valence-corrected chi connectivity index (χ3v) is 4.13. The van der Waals surface area contributed by atoms with E-state index in [9.17, 15) is 0 Å². The number of anilines is 1. The Balaban J connectivity index is 1.47. The molecule has 4 heteroatoms. The van der Waals surface area contributed by atoms with Gasteiger partial charge in [0.2, 0.25) is 0 Å². The van der Waals surface area contributed by atoms with E-state index in [1.165, 1.54) is 11.3 Å². The highest BCUT2D eigenvalue weighted by molar-refractivity contribution is 5.47. The predicted molar refractivity (Wildman–Crippen MR) is 84.8 cm³/mol. The average Bonchev–Trinajstić information content (AvgIpc) is 2.92. The Kier molecular flexibility index (Phi) is 4.25. The number of aryl methyl sites for hydroxylation is 2. The summed E-state index contributed by atoms with van der Waals surface area (Å²) in [4.78, 5) is 4.98. The van der Waals surface area contributed by atoms with E-state index in [1.807, 2.05) is 13.0 Å². The van der Waals surface area contributed by atoms with E-state index in [-0.39, 0.29) is 0 Å². The van der Waals surface area contributed by atoms with Crippen LogP contribution in [0.15, 0.2) is 34.9 Å². The molecule has 0 bridgehead atoms. The SMILES string of the molecule is Cc1ccc(N2CCN(CCc3cc(C)on3)CC2)cc1. The molecule has 1 aromatic heterocycles. The molecule has 1 aliphatic rings. The summed E-state index contributed by atoms with van der Waals surface area (Å²) >= 11 is 0. The normalized spacial score (nSPS) is 16.4. The van der Waals surface area contributed by atoms with Crippen molar-refractivity contribution in [2.45, 2.75) is 20.3 Å². The molecule has 0 radical (unpaired) electrons. The summed E-state index contributed by atoms with van der Waals surface area (Å²) in [5.74, 6) is 0.897. The highest BCUT2D eigenvalue weighted by atomic mass is 16.5. The van der Waals surface area contributed by atoms with Crippen LogP contribution in [0.1, 0.15) is 17.0 Å². The number of nitrogens with zero attached hydrogens (tertiary/aromatic N) is 3. The van der Waals surface area contributed by atoms with Crippen molar-refractivity contribution in [1.82, 2.24) is 10.1 Å². The molecule has 0 unspecified atom stereocenters. The number of hydrogen-bond acceptors (Lipinski definition) is 4. The van der Waals surface area contributed by atoms with Crippen LogP contribution in [0.2, 0.25) is 0 Å². The monoisotopic (exact) mass is 285 g/mol. The molecule has 0 spiro atoms. The van der Waals surface area contributed by atoms with Crippen LogP contribution in [0.3, 0.4) is 0 Å². The quantitative estimate of drug-likeness (QED) is 0.864. The van der Waals surface area contributed by atoms with E-state index < -0.39 is 0 Å². The van der Waals surface area contributed by atoms with Gasteiger partial charge in [-0.25, -0.2) is 0 Å². The van der Waals surface area contributed by atoms with Gasteiger partial charge in [0.25, 0.3) is 0 Å². The fraction of sp³-hybridized carbons (Fsp3) is 0.471. The van der Waals surface area contributed by atoms with Gasteiger partial charge in [-0.2, -0.15) is 0 Å². The maximum atomic E-state index is 5.11. The van der Waals surface area contributed by atoms with E-state index in [1.54, 1.807) is 0 Å². The minimum atomic E-state index is 0.897. The first-order valence-electron chi connectivity index (χ1n) is 7.67. The molecule has 0 amide bonds. The second-order valence-electron chi connectivity index (χ2n) is 5.84. The summed E-state index contributed by atoms with van der Waals surface area (Å²) in [6, 6.07) is 10.9. The lowest BCUT2D eigenvalue weighted by atomic mass is 10.2. The van der Waals surface area contributed by atoms with Gasteiger partial charge in [-0.05, 0) is 26.0 Å². The summed E-state index contributed by atoms with van der Waals surface area (Å²) in [5.41, 5.74) is 3.72. The summed E-state index contributed by atoms with van der Waals surface area (Å²) in [6.07, 6.45) is 0.974. The molecule has 1 saturated heterocycles. The molecule has 1 fully saturated rings. The Morgan fingerprint density at radius 1 is 1.05 bits per heavy atom. The largest absolute Gasteiger partial charge is 0.369 e. The van der Waals surface area contributed by atoms with Crippen molar-refractivity contribution in [3.8, 4) is 0 Å². The van der Waals surface area contributed by atoms with Gasteiger partial charge in [-0.3, -0.25) is 4.90 Å². The van der Waals surface area contributed by atoms with Crippen LogP contribution in [-0.2, 0) is 6.42 Å². The van der Waals surface area contributed by atoms with Crippen molar-refractivity contribution < 1.29 is 4.52 Å². The van der Waals surface area contributed by atoms with Crippen molar-refractivity contribution in [2.75, 3.05) is 37.6 Å². The van der Waals surface area contributed by atoms with Crippen LogP contribution in [0.25, 0.3) is 0 Å². The number of aromatic nitrogens is 1. The van der Waals surface area contributed by atoms with Crippen molar-refractivity contribution in [3.63, 3.8) is 0 Å². The molecule has 0 saturated carbocycles. The minimum Gasteiger partial charge on any atom is -0.369 e. The van der Waals surface area contributed by atoms with Gasteiger partial charge in [-0.15, -0.1) is 0 Å². The minimum absolute atomic E-state index is 0.897. The molecule has 112 valence electrons. The van der Waals surface area contributed by atoms with E-state index >= 15 is 0 Å². The smallest absolute Gasteiger partial charge is 0.133 e. The Bertz CT molecular complexity index is 568. The lowest BCUT2D eigenvalue weighted by Gasteiger charge is -2.36. The second-order valence-corrected chi connectivity index (χ2v) is 5.84.